The number of carbonyl (C=O) groups excluding carboxylic acids is 3. The van der Waals surface area contributed by atoms with E-state index in [4.69, 9.17) is 0 Å². The summed E-state index contributed by atoms with van der Waals surface area (Å²) in [5, 5.41) is 2.84. The summed E-state index contributed by atoms with van der Waals surface area (Å²) in [4.78, 5) is 42.4. The number of hydrogen-bond acceptors (Lipinski definition) is 5. The van der Waals surface area contributed by atoms with Crippen molar-refractivity contribution in [2.24, 2.45) is 5.92 Å². The van der Waals surface area contributed by atoms with Gasteiger partial charge in [0.2, 0.25) is 0 Å². The van der Waals surface area contributed by atoms with E-state index in [-0.39, 0.29) is 12.6 Å². The molecule has 1 aromatic rings. The second-order valence-corrected chi connectivity index (χ2v) is 7.05. The number of nitrogens with zero attached hydrogens (tertiary/aromatic N) is 3. The summed E-state index contributed by atoms with van der Waals surface area (Å²) in [5.41, 5.74) is 0.656. The van der Waals surface area contributed by atoms with Gasteiger partial charge in [-0.2, -0.15) is 0 Å². The van der Waals surface area contributed by atoms with Gasteiger partial charge in [-0.25, -0.2) is 14.7 Å². The van der Waals surface area contributed by atoms with Crippen molar-refractivity contribution in [3.63, 3.8) is 0 Å². The molecule has 2 rings (SSSR count). The van der Waals surface area contributed by atoms with Crippen molar-refractivity contribution in [2.45, 2.75) is 53.1 Å². The molecule has 1 aliphatic rings. The number of thiazole rings is 1. The molecule has 0 aromatic carbocycles. The average molecular weight is 323 g/mol. The fourth-order valence-corrected chi connectivity index (χ4v) is 3.03. The third-order valence-corrected chi connectivity index (χ3v) is 4.41. The fourth-order valence-electron chi connectivity index (χ4n) is 2.23. The van der Waals surface area contributed by atoms with Gasteiger partial charge in [-0.1, -0.05) is 13.8 Å². The number of rotatable bonds is 6. The number of aromatic nitrogens is 1. The Morgan fingerprint density at radius 2 is 1.82 bits per heavy atom. The van der Waals surface area contributed by atoms with Crippen LogP contribution in [0.3, 0.4) is 0 Å². The van der Waals surface area contributed by atoms with Crippen LogP contribution in [0.25, 0.3) is 0 Å². The van der Waals surface area contributed by atoms with Crippen LogP contribution < -0.4 is 0 Å². The molecular formula is C15H21N3O3S. The highest BCUT2D eigenvalue weighted by atomic mass is 32.1. The normalized spacial score (nSPS) is 15.8. The Balaban J connectivity index is 2.06. The zero-order chi connectivity index (χ0) is 16.4. The molecule has 0 spiro atoms. The Hall–Kier alpha value is -1.76. The van der Waals surface area contributed by atoms with E-state index in [0.29, 0.717) is 11.6 Å². The molecule has 1 aromatic heterocycles. The lowest BCUT2D eigenvalue weighted by Gasteiger charge is -2.17. The second kappa shape index (κ2) is 6.56. The third-order valence-electron chi connectivity index (χ3n) is 3.46. The highest BCUT2D eigenvalue weighted by Gasteiger charge is 2.45. The molecule has 2 heterocycles. The number of amides is 4. The van der Waals surface area contributed by atoms with E-state index in [0.717, 1.165) is 27.6 Å². The first-order chi connectivity index (χ1) is 10.3. The van der Waals surface area contributed by atoms with E-state index in [1.165, 1.54) is 11.3 Å². The summed E-state index contributed by atoms with van der Waals surface area (Å²) >= 11 is 1.53. The number of imide groups is 2. The molecular weight excluding hydrogens is 302 g/mol. The van der Waals surface area contributed by atoms with Gasteiger partial charge in [0.05, 0.1) is 17.2 Å². The standard InChI is InChI=1S/C15H21N3O3S/c1-9(2)5-6-12-16-11(8-22-12)7-17-13(19)14(20)18(10(3)4)15(17)21/h8-10H,5-7H2,1-4H3. The fraction of sp³-hybridized carbons (Fsp3) is 0.600. The Kier molecular flexibility index (Phi) is 4.95. The molecule has 0 N–H and O–H groups in total. The highest BCUT2D eigenvalue weighted by Crippen LogP contribution is 2.20. The van der Waals surface area contributed by atoms with Crippen LogP contribution >= 0.6 is 11.3 Å². The first-order valence-corrected chi connectivity index (χ1v) is 8.31. The third kappa shape index (κ3) is 3.35. The molecule has 0 radical (unpaired) electrons. The molecule has 6 nitrogen and oxygen atoms in total. The topological polar surface area (TPSA) is 70.6 Å². The molecule has 120 valence electrons. The van der Waals surface area contributed by atoms with Crippen LogP contribution in [0, 0.1) is 5.92 Å². The molecule has 0 bridgehead atoms. The summed E-state index contributed by atoms with van der Waals surface area (Å²) in [5.74, 6) is -0.919. The average Bonchev–Trinajstić information content (AvgIpc) is 2.96. The van der Waals surface area contributed by atoms with Crippen LogP contribution in [0.4, 0.5) is 4.79 Å². The molecule has 0 aliphatic carbocycles. The zero-order valence-corrected chi connectivity index (χ0v) is 14.1. The summed E-state index contributed by atoms with van der Waals surface area (Å²) in [6, 6.07) is -0.882. The van der Waals surface area contributed by atoms with Crippen LogP contribution in [0.5, 0.6) is 0 Å². The maximum Gasteiger partial charge on any atom is 0.334 e. The van der Waals surface area contributed by atoms with Crippen molar-refractivity contribution in [2.75, 3.05) is 0 Å². The molecule has 1 saturated heterocycles. The van der Waals surface area contributed by atoms with E-state index >= 15 is 0 Å². The van der Waals surface area contributed by atoms with Crippen LogP contribution in [0.2, 0.25) is 0 Å². The van der Waals surface area contributed by atoms with Crippen LogP contribution in [0.1, 0.15) is 44.8 Å². The van der Waals surface area contributed by atoms with Gasteiger partial charge >= 0.3 is 17.8 Å². The van der Waals surface area contributed by atoms with Crippen LogP contribution in [-0.4, -0.2) is 38.7 Å². The van der Waals surface area contributed by atoms with Gasteiger partial charge in [0, 0.05) is 11.4 Å². The lowest BCUT2D eigenvalue weighted by molar-refractivity contribution is -0.144. The smallest absolute Gasteiger partial charge is 0.263 e. The maximum absolute atomic E-state index is 12.2. The van der Waals surface area contributed by atoms with E-state index < -0.39 is 17.8 Å². The van der Waals surface area contributed by atoms with Gasteiger partial charge in [0.15, 0.2) is 0 Å². The molecule has 22 heavy (non-hydrogen) atoms. The minimum Gasteiger partial charge on any atom is -0.263 e. The molecule has 4 amide bonds. The second-order valence-electron chi connectivity index (χ2n) is 6.11. The SMILES string of the molecule is CC(C)CCc1nc(CN2C(=O)C(=O)N(C(C)C)C2=O)cs1. The predicted octanol–water partition coefficient (Wildman–Crippen LogP) is 2.43. The lowest BCUT2D eigenvalue weighted by atomic mass is 10.1. The summed E-state index contributed by atoms with van der Waals surface area (Å²) in [6.45, 7) is 7.79. The first-order valence-electron chi connectivity index (χ1n) is 7.43. The minimum absolute atomic E-state index is 0.0603. The Labute approximate surface area is 134 Å². The number of aryl methyl sites for hydroxylation is 1. The van der Waals surface area contributed by atoms with Gasteiger partial charge in [-0.3, -0.25) is 14.5 Å². The number of carbonyl (C=O) groups is 3. The van der Waals surface area contributed by atoms with Gasteiger partial charge in [0.25, 0.3) is 0 Å². The van der Waals surface area contributed by atoms with Gasteiger partial charge in [-0.15, -0.1) is 11.3 Å². The van der Waals surface area contributed by atoms with Crippen LogP contribution in [-0.2, 0) is 22.6 Å². The lowest BCUT2D eigenvalue weighted by Crippen LogP contribution is -2.37. The molecule has 0 unspecified atom stereocenters. The van der Waals surface area contributed by atoms with Crippen molar-refractivity contribution in [1.82, 2.24) is 14.8 Å². The van der Waals surface area contributed by atoms with Crippen molar-refractivity contribution >= 4 is 29.2 Å². The van der Waals surface area contributed by atoms with Crippen molar-refractivity contribution in [3.8, 4) is 0 Å². The zero-order valence-electron chi connectivity index (χ0n) is 13.3. The Bertz CT molecular complexity index is 595. The number of hydrogen-bond donors (Lipinski definition) is 0. The maximum atomic E-state index is 12.2. The largest absolute Gasteiger partial charge is 0.334 e. The van der Waals surface area contributed by atoms with Gasteiger partial charge in [-0.05, 0) is 32.6 Å². The van der Waals surface area contributed by atoms with Crippen molar-refractivity contribution in [1.29, 1.82) is 0 Å². The minimum atomic E-state index is -0.768. The van der Waals surface area contributed by atoms with Crippen LogP contribution in [0.15, 0.2) is 5.38 Å². The van der Waals surface area contributed by atoms with E-state index in [1.807, 2.05) is 5.38 Å². The monoisotopic (exact) mass is 323 g/mol. The summed E-state index contributed by atoms with van der Waals surface area (Å²) in [6.07, 6.45) is 1.94. The predicted molar refractivity (Wildman–Crippen MR) is 83.2 cm³/mol. The van der Waals surface area contributed by atoms with E-state index in [9.17, 15) is 14.4 Å². The summed E-state index contributed by atoms with van der Waals surface area (Å²) in [7, 11) is 0. The van der Waals surface area contributed by atoms with Crippen molar-refractivity contribution < 1.29 is 14.4 Å². The van der Waals surface area contributed by atoms with E-state index in [1.54, 1.807) is 13.8 Å². The first kappa shape index (κ1) is 16.6. The molecule has 7 heteroatoms. The highest BCUT2D eigenvalue weighted by molar-refractivity contribution is 7.09. The molecule has 1 fully saturated rings. The van der Waals surface area contributed by atoms with Crippen molar-refractivity contribution in [3.05, 3.63) is 16.1 Å². The molecule has 0 saturated carbocycles. The van der Waals surface area contributed by atoms with Gasteiger partial charge < -0.3 is 0 Å². The van der Waals surface area contributed by atoms with E-state index in [2.05, 4.69) is 18.8 Å². The summed E-state index contributed by atoms with van der Waals surface area (Å²) < 4.78 is 0. The Morgan fingerprint density at radius 1 is 1.14 bits per heavy atom. The molecule has 0 atom stereocenters. The number of urea groups is 1. The Morgan fingerprint density at radius 3 is 2.36 bits per heavy atom. The molecule has 1 aliphatic heterocycles. The quantitative estimate of drug-likeness (QED) is 0.595. The van der Waals surface area contributed by atoms with Gasteiger partial charge in [0.1, 0.15) is 0 Å².